The number of rotatable bonds is 4. The first-order valence-corrected chi connectivity index (χ1v) is 11.8. The number of benzene rings is 2. The molecule has 30 heavy (non-hydrogen) atoms. The monoisotopic (exact) mass is 485 g/mol. The summed E-state index contributed by atoms with van der Waals surface area (Å²) in [6.07, 6.45) is 1.27. The first-order valence-electron chi connectivity index (χ1n) is 8.57. The van der Waals surface area contributed by atoms with Crippen LogP contribution in [0.3, 0.4) is 0 Å². The van der Waals surface area contributed by atoms with Crippen LogP contribution >= 0.6 is 33.6 Å². The molecular formula is C18H13ClF5NO3S2. The molecule has 1 heterocycles. The summed E-state index contributed by atoms with van der Waals surface area (Å²) in [5, 5.41) is 0.759. The summed E-state index contributed by atoms with van der Waals surface area (Å²) in [5.74, 6) is -0.422. The van der Waals surface area contributed by atoms with Crippen molar-refractivity contribution in [3.05, 3.63) is 52.5 Å². The highest BCUT2D eigenvalue weighted by atomic mass is 35.5. The maximum Gasteiger partial charge on any atom is 0.310 e. The van der Waals surface area contributed by atoms with E-state index < -0.39 is 25.4 Å². The normalized spacial score (nSPS) is 23.5. The Morgan fingerprint density at radius 1 is 1.07 bits per heavy atom. The zero-order valence-corrected chi connectivity index (χ0v) is 17.2. The van der Waals surface area contributed by atoms with E-state index in [1.54, 1.807) is 18.2 Å². The van der Waals surface area contributed by atoms with Crippen molar-refractivity contribution in [3.63, 3.8) is 0 Å². The Kier molecular flexibility index (Phi) is 4.44. The summed E-state index contributed by atoms with van der Waals surface area (Å²) in [6, 6.07) is 6.05. The van der Waals surface area contributed by atoms with Gasteiger partial charge in [0.05, 0.1) is 5.02 Å². The van der Waals surface area contributed by atoms with E-state index in [0.717, 1.165) is 29.0 Å². The summed E-state index contributed by atoms with van der Waals surface area (Å²) < 4.78 is 70.0. The number of nitrogens with one attached hydrogen (secondary N) is 1. The van der Waals surface area contributed by atoms with Crippen molar-refractivity contribution in [2.24, 2.45) is 0 Å². The third kappa shape index (κ3) is 4.10. The number of thioether (sulfide) groups is 1. The number of fused-ring (bicyclic) bond motifs is 1. The van der Waals surface area contributed by atoms with E-state index in [2.05, 4.69) is 5.32 Å². The standard InChI is InChI=1S/C18H13ClF5NO3S2/c19-14-8-11(30(20,21,22,23)24)3-6-15(14)28-10-2-5-12-9(7-10)1-4-13(12)16-17(26)25-18(27)29-16/h2-3,5-8,13,16H,1,4H2,(H,25,26,27)/t13-,16?/m1/s1. The number of carbonyl (C=O) groups excluding carboxylic acids is 2. The lowest BCUT2D eigenvalue weighted by molar-refractivity contribution is -0.119. The van der Waals surface area contributed by atoms with Crippen LogP contribution in [0, 0.1) is 0 Å². The van der Waals surface area contributed by atoms with Crippen LogP contribution in [-0.4, -0.2) is 16.4 Å². The van der Waals surface area contributed by atoms with Gasteiger partial charge in [-0.2, -0.15) is 0 Å². The molecule has 1 N–H and O–H groups in total. The number of imide groups is 1. The predicted octanol–water partition coefficient (Wildman–Crippen LogP) is 7.17. The second kappa shape index (κ2) is 6.27. The van der Waals surface area contributed by atoms with Gasteiger partial charge < -0.3 is 4.74 Å². The van der Waals surface area contributed by atoms with Crippen molar-refractivity contribution in [1.82, 2.24) is 5.32 Å². The van der Waals surface area contributed by atoms with Crippen molar-refractivity contribution in [1.29, 1.82) is 0 Å². The fourth-order valence-electron chi connectivity index (χ4n) is 3.57. The van der Waals surface area contributed by atoms with Crippen molar-refractivity contribution >= 4 is 44.7 Å². The molecule has 1 unspecified atom stereocenters. The van der Waals surface area contributed by atoms with Crippen LogP contribution in [0.25, 0.3) is 0 Å². The molecule has 2 aromatic carbocycles. The van der Waals surface area contributed by atoms with E-state index in [1.807, 2.05) is 0 Å². The van der Waals surface area contributed by atoms with Gasteiger partial charge in [0.2, 0.25) is 5.91 Å². The maximum atomic E-state index is 12.9. The highest BCUT2D eigenvalue weighted by Crippen LogP contribution is 3.02. The van der Waals surface area contributed by atoms with Crippen LogP contribution in [-0.2, 0) is 11.2 Å². The third-order valence-electron chi connectivity index (χ3n) is 4.90. The van der Waals surface area contributed by atoms with Gasteiger partial charge in [-0.1, -0.05) is 48.9 Å². The molecule has 2 aliphatic rings. The number of amides is 2. The smallest absolute Gasteiger partial charge is 0.310 e. The number of ether oxygens (including phenoxy) is 1. The molecule has 2 amide bonds. The van der Waals surface area contributed by atoms with Crippen LogP contribution < -0.4 is 10.1 Å². The Labute approximate surface area is 176 Å². The SMILES string of the molecule is O=C1NC(=O)C([C@@H]2CCc3cc(Oc4ccc(S(F)(F)(F)(F)F)cc4Cl)ccc32)S1. The lowest BCUT2D eigenvalue weighted by atomic mass is 9.97. The van der Waals surface area contributed by atoms with Crippen LogP contribution in [0.1, 0.15) is 23.5 Å². The van der Waals surface area contributed by atoms with Crippen LogP contribution in [0.2, 0.25) is 5.02 Å². The summed E-state index contributed by atoms with van der Waals surface area (Å²) in [6.45, 7) is 0. The molecule has 0 saturated carbocycles. The van der Waals surface area contributed by atoms with Gasteiger partial charge >= 0.3 is 10.2 Å². The minimum atomic E-state index is -9.84. The molecule has 2 atom stereocenters. The molecule has 12 heteroatoms. The minimum absolute atomic E-state index is 0.147. The fraction of sp³-hybridized carbons (Fsp3) is 0.222. The van der Waals surface area contributed by atoms with Gasteiger partial charge in [0, 0.05) is 5.92 Å². The lowest BCUT2D eigenvalue weighted by Gasteiger charge is -2.40. The molecule has 1 aliphatic carbocycles. The molecule has 1 saturated heterocycles. The molecule has 2 aromatic rings. The minimum Gasteiger partial charge on any atom is -0.456 e. The van der Waals surface area contributed by atoms with E-state index in [4.69, 9.17) is 16.3 Å². The van der Waals surface area contributed by atoms with E-state index >= 15 is 0 Å². The zero-order chi connectivity index (χ0) is 22.0. The topological polar surface area (TPSA) is 55.4 Å². The molecular weight excluding hydrogens is 473 g/mol. The number of hydrogen-bond acceptors (Lipinski definition) is 4. The van der Waals surface area contributed by atoms with Gasteiger partial charge in [0.1, 0.15) is 21.6 Å². The van der Waals surface area contributed by atoms with E-state index in [9.17, 15) is 29.0 Å². The highest BCUT2D eigenvalue weighted by Gasteiger charge is 2.65. The second-order valence-corrected chi connectivity index (χ2v) is 10.9. The first-order chi connectivity index (χ1) is 13.7. The maximum absolute atomic E-state index is 12.9. The van der Waals surface area contributed by atoms with Crippen molar-refractivity contribution in [2.45, 2.75) is 28.9 Å². The Morgan fingerprint density at radius 2 is 1.80 bits per heavy atom. The predicted molar refractivity (Wildman–Crippen MR) is 105 cm³/mol. The van der Waals surface area contributed by atoms with Crippen molar-refractivity contribution < 1.29 is 33.8 Å². The molecule has 4 rings (SSSR count). The largest absolute Gasteiger partial charge is 0.456 e. The molecule has 0 aromatic heterocycles. The summed E-state index contributed by atoms with van der Waals surface area (Å²) in [4.78, 5) is 21.3. The van der Waals surface area contributed by atoms with Crippen LogP contribution in [0.4, 0.5) is 24.2 Å². The molecule has 0 bridgehead atoms. The number of aryl methyl sites for hydroxylation is 1. The quantitative estimate of drug-likeness (QED) is 0.466. The molecule has 0 spiro atoms. The third-order valence-corrected chi connectivity index (χ3v) is 7.45. The molecule has 1 fully saturated rings. The molecule has 162 valence electrons. The molecule has 0 radical (unpaired) electrons. The number of halogens is 6. The second-order valence-electron chi connectivity index (χ2n) is 6.98. The van der Waals surface area contributed by atoms with Gasteiger partial charge in [-0.25, -0.2) is 0 Å². The van der Waals surface area contributed by atoms with Crippen LogP contribution in [0.5, 0.6) is 11.5 Å². The summed E-state index contributed by atoms with van der Waals surface area (Å²) in [5.41, 5.74) is 1.75. The van der Waals surface area contributed by atoms with E-state index in [0.29, 0.717) is 12.8 Å². The number of hydrogen-bond donors (Lipinski definition) is 1. The van der Waals surface area contributed by atoms with Gasteiger partial charge in [-0.15, -0.1) is 0 Å². The van der Waals surface area contributed by atoms with Crippen molar-refractivity contribution in [2.75, 3.05) is 0 Å². The zero-order valence-electron chi connectivity index (χ0n) is 14.8. The average Bonchev–Trinajstić information content (AvgIpc) is 3.16. The van der Waals surface area contributed by atoms with E-state index in [1.165, 1.54) is 0 Å². The Bertz CT molecular complexity index is 1090. The fourth-order valence-corrected chi connectivity index (χ4v) is 5.52. The Balaban J connectivity index is 1.57. The van der Waals surface area contributed by atoms with Gasteiger partial charge in [-0.3, -0.25) is 14.9 Å². The highest BCUT2D eigenvalue weighted by molar-refractivity contribution is 8.45. The first kappa shape index (κ1) is 21.3. The molecule has 4 nitrogen and oxygen atoms in total. The lowest BCUT2D eigenvalue weighted by Crippen LogP contribution is -2.27. The summed E-state index contributed by atoms with van der Waals surface area (Å²) in [7, 11) is -9.84. The Hall–Kier alpha value is -1.98. The molecule has 1 aliphatic heterocycles. The van der Waals surface area contributed by atoms with Crippen molar-refractivity contribution in [3.8, 4) is 11.5 Å². The average molecular weight is 486 g/mol. The van der Waals surface area contributed by atoms with E-state index in [-0.39, 0.29) is 40.7 Å². The Morgan fingerprint density at radius 3 is 2.40 bits per heavy atom. The van der Waals surface area contributed by atoms with Gasteiger partial charge in [0.15, 0.2) is 0 Å². The number of carbonyl (C=O) groups is 2. The van der Waals surface area contributed by atoms with Gasteiger partial charge in [0.25, 0.3) is 5.24 Å². The van der Waals surface area contributed by atoms with Gasteiger partial charge in [-0.05, 0) is 54.3 Å². The summed E-state index contributed by atoms with van der Waals surface area (Å²) >= 11 is 6.69. The van der Waals surface area contributed by atoms with Crippen LogP contribution in [0.15, 0.2) is 41.3 Å².